The van der Waals surface area contributed by atoms with E-state index in [4.69, 9.17) is 12.2 Å². The van der Waals surface area contributed by atoms with Crippen molar-refractivity contribution in [1.82, 2.24) is 4.57 Å². The summed E-state index contributed by atoms with van der Waals surface area (Å²) in [5.41, 5.74) is 2.55. The van der Waals surface area contributed by atoms with E-state index in [2.05, 4.69) is 30.7 Å². The van der Waals surface area contributed by atoms with E-state index in [1.165, 1.54) is 28.8 Å². The van der Waals surface area contributed by atoms with Crippen molar-refractivity contribution in [3.05, 3.63) is 71.0 Å². The lowest BCUT2D eigenvalue weighted by molar-refractivity contribution is -0.113. The van der Waals surface area contributed by atoms with Gasteiger partial charge in [-0.25, -0.2) is 4.39 Å². The zero-order chi connectivity index (χ0) is 19.1. The van der Waals surface area contributed by atoms with Crippen LogP contribution in [0.3, 0.4) is 0 Å². The maximum absolute atomic E-state index is 13.6. The third-order valence-corrected chi connectivity index (χ3v) is 5.78. The zero-order valence-electron chi connectivity index (χ0n) is 14.8. The van der Waals surface area contributed by atoms with Gasteiger partial charge in [0.25, 0.3) is 5.91 Å². The Labute approximate surface area is 166 Å². The van der Waals surface area contributed by atoms with E-state index in [9.17, 15) is 9.18 Å². The average Bonchev–Trinajstić information content (AvgIpc) is 3.13. The molecular formula is C21H17FN2OS2. The molecule has 0 saturated carbocycles. The van der Waals surface area contributed by atoms with Gasteiger partial charge < -0.3 is 4.57 Å². The summed E-state index contributed by atoms with van der Waals surface area (Å²) in [6, 6.07) is 14.3. The summed E-state index contributed by atoms with van der Waals surface area (Å²) < 4.78 is 16.2. The first kappa shape index (κ1) is 17.9. The van der Waals surface area contributed by atoms with Crippen LogP contribution in [-0.4, -0.2) is 14.8 Å². The molecule has 0 bridgehead atoms. The van der Waals surface area contributed by atoms with Crippen LogP contribution >= 0.6 is 24.0 Å². The van der Waals surface area contributed by atoms with E-state index in [-0.39, 0.29) is 5.91 Å². The zero-order valence-corrected chi connectivity index (χ0v) is 16.5. The van der Waals surface area contributed by atoms with Crippen LogP contribution in [0, 0.1) is 5.82 Å². The van der Waals surface area contributed by atoms with Crippen molar-refractivity contribution in [1.29, 1.82) is 0 Å². The molecule has 0 aliphatic carbocycles. The van der Waals surface area contributed by atoms with Gasteiger partial charge in [-0.3, -0.25) is 9.69 Å². The minimum atomic E-state index is -0.398. The van der Waals surface area contributed by atoms with Crippen LogP contribution < -0.4 is 4.90 Å². The largest absolute Gasteiger partial charge is 0.344 e. The standard InChI is InChI=1S/C21H17FN2OS2/c1-13(2)23-12-14(17-8-3-4-9-18(17)23)10-19-20(25)24(21(26)27-19)16-7-5-6-15(22)11-16/h3-13H,1-2H3/b19-10-. The topological polar surface area (TPSA) is 25.2 Å². The number of aromatic nitrogens is 1. The molecular weight excluding hydrogens is 379 g/mol. The fourth-order valence-electron chi connectivity index (χ4n) is 3.22. The number of hydrogen-bond acceptors (Lipinski definition) is 3. The Morgan fingerprint density at radius 3 is 2.67 bits per heavy atom. The molecule has 3 aromatic rings. The molecule has 0 N–H and O–H groups in total. The van der Waals surface area contributed by atoms with Crippen LogP contribution in [0.5, 0.6) is 0 Å². The molecule has 1 amide bonds. The van der Waals surface area contributed by atoms with Crippen molar-refractivity contribution in [3.8, 4) is 0 Å². The van der Waals surface area contributed by atoms with Gasteiger partial charge in [0.15, 0.2) is 4.32 Å². The summed E-state index contributed by atoms with van der Waals surface area (Å²) in [6.45, 7) is 4.25. The van der Waals surface area contributed by atoms with Crippen LogP contribution in [0.15, 0.2) is 59.6 Å². The number of carbonyl (C=O) groups excluding carboxylic acids is 1. The van der Waals surface area contributed by atoms with E-state index in [1.54, 1.807) is 12.1 Å². The van der Waals surface area contributed by atoms with Gasteiger partial charge in [-0.05, 0) is 44.2 Å². The number of para-hydroxylation sites is 1. The van der Waals surface area contributed by atoms with Crippen LogP contribution in [0.25, 0.3) is 17.0 Å². The minimum Gasteiger partial charge on any atom is -0.344 e. The molecule has 2 heterocycles. The maximum Gasteiger partial charge on any atom is 0.270 e. The maximum atomic E-state index is 13.6. The van der Waals surface area contributed by atoms with Crippen LogP contribution in [0.1, 0.15) is 25.5 Å². The number of thiocarbonyl (C=S) groups is 1. The van der Waals surface area contributed by atoms with E-state index in [0.717, 1.165) is 16.5 Å². The van der Waals surface area contributed by atoms with Crippen molar-refractivity contribution < 1.29 is 9.18 Å². The van der Waals surface area contributed by atoms with Crippen molar-refractivity contribution >= 4 is 56.9 Å². The third kappa shape index (κ3) is 3.19. The summed E-state index contributed by atoms with van der Waals surface area (Å²) in [4.78, 5) is 14.9. The molecule has 27 heavy (non-hydrogen) atoms. The van der Waals surface area contributed by atoms with Crippen LogP contribution in [0.4, 0.5) is 10.1 Å². The lowest BCUT2D eigenvalue weighted by Crippen LogP contribution is -2.27. The molecule has 0 spiro atoms. The number of carbonyl (C=O) groups is 1. The number of thioether (sulfide) groups is 1. The van der Waals surface area contributed by atoms with E-state index in [1.807, 2.05) is 24.3 Å². The molecule has 0 atom stereocenters. The highest BCUT2D eigenvalue weighted by molar-refractivity contribution is 8.27. The van der Waals surface area contributed by atoms with Crippen molar-refractivity contribution in [2.24, 2.45) is 0 Å². The lowest BCUT2D eigenvalue weighted by Gasteiger charge is -2.14. The molecule has 0 radical (unpaired) electrons. The van der Waals surface area contributed by atoms with Gasteiger partial charge in [-0.1, -0.05) is 48.2 Å². The van der Waals surface area contributed by atoms with Crippen molar-refractivity contribution in [2.45, 2.75) is 19.9 Å². The quantitative estimate of drug-likeness (QED) is 0.415. The minimum absolute atomic E-state index is 0.225. The monoisotopic (exact) mass is 396 g/mol. The first-order valence-electron chi connectivity index (χ1n) is 8.59. The summed E-state index contributed by atoms with van der Waals surface area (Å²) in [6.07, 6.45) is 3.93. The van der Waals surface area contributed by atoms with Gasteiger partial charge in [0, 0.05) is 28.7 Å². The molecule has 1 aliphatic rings. The molecule has 136 valence electrons. The average molecular weight is 397 g/mol. The number of amides is 1. The van der Waals surface area contributed by atoms with Crippen LogP contribution in [0.2, 0.25) is 0 Å². The highest BCUT2D eigenvalue weighted by atomic mass is 32.2. The number of fused-ring (bicyclic) bond motifs is 1. The van der Waals surface area contributed by atoms with Crippen molar-refractivity contribution in [2.75, 3.05) is 4.90 Å². The number of halogens is 1. The Kier molecular flexibility index (Phi) is 4.61. The predicted molar refractivity (Wildman–Crippen MR) is 114 cm³/mol. The molecule has 1 fully saturated rings. The van der Waals surface area contributed by atoms with E-state index >= 15 is 0 Å². The molecule has 6 heteroatoms. The molecule has 3 nitrogen and oxygen atoms in total. The predicted octanol–water partition coefficient (Wildman–Crippen LogP) is 5.77. The van der Waals surface area contributed by atoms with E-state index in [0.29, 0.717) is 21.0 Å². The molecule has 2 aromatic carbocycles. The second-order valence-corrected chi connectivity index (χ2v) is 8.28. The lowest BCUT2D eigenvalue weighted by atomic mass is 10.1. The Morgan fingerprint density at radius 2 is 1.93 bits per heavy atom. The number of nitrogens with zero attached hydrogens (tertiary/aromatic N) is 2. The Bertz CT molecular complexity index is 1100. The van der Waals surface area contributed by atoms with Crippen LogP contribution in [-0.2, 0) is 4.79 Å². The normalized spacial score (nSPS) is 16.3. The van der Waals surface area contributed by atoms with E-state index < -0.39 is 5.82 Å². The first-order chi connectivity index (χ1) is 13.0. The summed E-state index contributed by atoms with van der Waals surface area (Å²) in [5, 5.41) is 1.09. The molecule has 0 unspecified atom stereocenters. The highest BCUT2D eigenvalue weighted by Gasteiger charge is 2.33. The highest BCUT2D eigenvalue weighted by Crippen LogP contribution is 2.37. The molecule has 1 aliphatic heterocycles. The second kappa shape index (κ2) is 6.94. The van der Waals surface area contributed by atoms with Gasteiger partial charge in [-0.2, -0.15) is 0 Å². The van der Waals surface area contributed by atoms with Gasteiger partial charge >= 0.3 is 0 Å². The second-order valence-electron chi connectivity index (χ2n) is 6.60. The molecule has 1 saturated heterocycles. The smallest absolute Gasteiger partial charge is 0.270 e. The van der Waals surface area contributed by atoms with Gasteiger partial charge in [0.1, 0.15) is 5.82 Å². The summed E-state index contributed by atoms with van der Waals surface area (Å²) in [7, 11) is 0. The summed E-state index contributed by atoms with van der Waals surface area (Å²) >= 11 is 6.62. The molecule has 1 aromatic heterocycles. The summed E-state index contributed by atoms with van der Waals surface area (Å²) in [5.74, 6) is -0.623. The van der Waals surface area contributed by atoms with Gasteiger partial charge in [-0.15, -0.1) is 0 Å². The molecule has 4 rings (SSSR count). The Hall–Kier alpha value is -2.44. The van der Waals surface area contributed by atoms with Gasteiger partial charge in [0.2, 0.25) is 0 Å². The number of anilines is 1. The number of hydrogen-bond donors (Lipinski definition) is 0. The van der Waals surface area contributed by atoms with Crippen molar-refractivity contribution in [3.63, 3.8) is 0 Å². The fraction of sp³-hybridized carbons (Fsp3) is 0.143. The SMILES string of the molecule is CC(C)n1cc(/C=C2\SC(=S)N(c3cccc(F)c3)C2=O)c2ccccc21. The first-order valence-corrected chi connectivity index (χ1v) is 9.81. The Balaban J connectivity index is 1.77. The Morgan fingerprint density at radius 1 is 1.15 bits per heavy atom. The fourth-order valence-corrected chi connectivity index (χ4v) is 4.51. The number of rotatable bonds is 3. The number of benzene rings is 2. The third-order valence-electron chi connectivity index (χ3n) is 4.47. The van der Waals surface area contributed by atoms with Gasteiger partial charge in [0.05, 0.1) is 10.6 Å².